The second kappa shape index (κ2) is 4.44. The average molecular weight is 173 g/mol. The maximum absolute atomic E-state index is 11.0. The topological polar surface area (TPSA) is 43.1 Å². The molecule has 2 nitrogen and oxygen atoms in total. The lowest BCUT2D eigenvalue weighted by molar-refractivity contribution is -0.114. The molecule has 1 rings (SSSR count). The summed E-state index contributed by atoms with van der Waals surface area (Å²) in [5.74, 6) is 1.68. The summed E-state index contributed by atoms with van der Waals surface area (Å²) in [5, 5.41) is 0. The lowest BCUT2D eigenvalue weighted by Crippen LogP contribution is -2.31. The number of carbonyl (C=O) groups is 1. The predicted octanol–water partition coefficient (Wildman–Crippen LogP) is 0.759. The number of terminal acetylenes is 1. The molecule has 2 N–H and O–H groups in total. The van der Waals surface area contributed by atoms with E-state index in [1.165, 1.54) is 0 Å². The van der Waals surface area contributed by atoms with E-state index in [9.17, 15) is 4.79 Å². The van der Waals surface area contributed by atoms with Crippen molar-refractivity contribution in [1.82, 2.24) is 0 Å². The van der Waals surface area contributed by atoms with Crippen LogP contribution in [0.2, 0.25) is 0 Å². The molecule has 0 aliphatic rings. The molecule has 0 aliphatic heterocycles. The van der Waals surface area contributed by atoms with Crippen molar-refractivity contribution < 1.29 is 4.79 Å². The standard InChI is InChI=1S/C11H11NO/c1-2-11(13)10(12)8-9-6-4-3-5-7-9/h1,3-7,10H,8,12H2. The Morgan fingerprint density at radius 2 is 2.08 bits per heavy atom. The summed E-state index contributed by atoms with van der Waals surface area (Å²) in [6.07, 6.45) is 5.45. The second-order valence-electron chi connectivity index (χ2n) is 2.80. The van der Waals surface area contributed by atoms with E-state index in [-0.39, 0.29) is 5.78 Å². The number of carbonyl (C=O) groups excluding carboxylic acids is 1. The molecule has 1 aromatic rings. The Bertz CT molecular complexity index is 324. The monoisotopic (exact) mass is 173 g/mol. The maximum atomic E-state index is 11.0. The Hall–Kier alpha value is -1.59. The Labute approximate surface area is 77.8 Å². The molecule has 0 radical (unpaired) electrons. The van der Waals surface area contributed by atoms with Crippen LogP contribution in [0.5, 0.6) is 0 Å². The minimum atomic E-state index is -0.576. The first kappa shape index (κ1) is 9.50. The van der Waals surface area contributed by atoms with Crippen LogP contribution in [0.25, 0.3) is 0 Å². The van der Waals surface area contributed by atoms with Gasteiger partial charge in [0.2, 0.25) is 5.78 Å². The van der Waals surface area contributed by atoms with Crippen molar-refractivity contribution in [3.8, 4) is 12.3 Å². The van der Waals surface area contributed by atoms with Gasteiger partial charge in [-0.05, 0) is 17.9 Å². The van der Waals surface area contributed by atoms with Crippen LogP contribution in [0.15, 0.2) is 30.3 Å². The fourth-order valence-corrected chi connectivity index (χ4v) is 1.07. The van der Waals surface area contributed by atoms with Gasteiger partial charge < -0.3 is 5.73 Å². The molecular weight excluding hydrogens is 162 g/mol. The largest absolute Gasteiger partial charge is 0.320 e. The van der Waals surface area contributed by atoms with Gasteiger partial charge in [0, 0.05) is 0 Å². The smallest absolute Gasteiger partial charge is 0.222 e. The summed E-state index contributed by atoms with van der Waals surface area (Å²) in [5.41, 5.74) is 6.59. The zero-order chi connectivity index (χ0) is 9.68. The molecule has 0 saturated heterocycles. The fraction of sp³-hybridized carbons (Fsp3) is 0.182. The molecule has 13 heavy (non-hydrogen) atoms. The number of ketones is 1. The number of benzene rings is 1. The quantitative estimate of drug-likeness (QED) is 0.541. The maximum Gasteiger partial charge on any atom is 0.222 e. The van der Waals surface area contributed by atoms with Gasteiger partial charge in [0.05, 0.1) is 6.04 Å². The molecule has 0 aromatic heterocycles. The van der Waals surface area contributed by atoms with Gasteiger partial charge in [0.25, 0.3) is 0 Å². The Balaban J connectivity index is 2.61. The molecule has 1 unspecified atom stereocenters. The third-order valence-corrected chi connectivity index (χ3v) is 1.78. The van der Waals surface area contributed by atoms with E-state index in [4.69, 9.17) is 12.2 Å². The van der Waals surface area contributed by atoms with Crippen LogP contribution >= 0.6 is 0 Å². The van der Waals surface area contributed by atoms with Crippen LogP contribution in [-0.2, 0) is 11.2 Å². The highest BCUT2D eigenvalue weighted by molar-refractivity contribution is 5.99. The summed E-state index contributed by atoms with van der Waals surface area (Å²) >= 11 is 0. The highest BCUT2D eigenvalue weighted by Gasteiger charge is 2.10. The van der Waals surface area contributed by atoms with Gasteiger partial charge in [-0.2, -0.15) is 0 Å². The molecule has 0 amide bonds. The molecule has 66 valence electrons. The zero-order valence-corrected chi connectivity index (χ0v) is 7.23. The summed E-state index contributed by atoms with van der Waals surface area (Å²) in [4.78, 5) is 11.0. The molecule has 1 atom stereocenters. The van der Waals surface area contributed by atoms with Gasteiger partial charge in [-0.25, -0.2) is 0 Å². The zero-order valence-electron chi connectivity index (χ0n) is 7.23. The van der Waals surface area contributed by atoms with Gasteiger partial charge in [-0.15, -0.1) is 6.42 Å². The molecule has 2 heteroatoms. The number of rotatable bonds is 3. The highest BCUT2D eigenvalue weighted by Crippen LogP contribution is 2.01. The van der Waals surface area contributed by atoms with Crippen molar-refractivity contribution in [2.75, 3.05) is 0 Å². The normalized spacial score (nSPS) is 11.7. The molecule has 0 heterocycles. The third-order valence-electron chi connectivity index (χ3n) is 1.78. The number of Topliss-reactive ketones (excluding diaryl/α,β-unsaturated/α-hetero) is 1. The van der Waals surface area contributed by atoms with Crippen molar-refractivity contribution in [3.05, 3.63) is 35.9 Å². The van der Waals surface area contributed by atoms with E-state index in [1.54, 1.807) is 0 Å². The van der Waals surface area contributed by atoms with Crippen LogP contribution in [0.3, 0.4) is 0 Å². The van der Waals surface area contributed by atoms with Crippen molar-refractivity contribution >= 4 is 5.78 Å². The van der Waals surface area contributed by atoms with Crippen LogP contribution in [-0.4, -0.2) is 11.8 Å². The third kappa shape index (κ3) is 2.73. The summed E-state index contributed by atoms with van der Waals surface area (Å²) in [6, 6.07) is 8.99. The number of hydrogen-bond donors (Lipinski definition) is 1. The van der Waals surface area contributed by atoms with Crippen LogP contribution in [0.4, 0.5) is 0 Å². The molecule has 0 spiro atoms. The number of nitrogens with two attached hydrogens (primary N) is 1. The first-order chi connectivity index (χ1) is 6.24. The summed E-state index contributed by atoms with van der Waals surface area (Å²) in [7, 11) is 0. The molecular formula is C11H11NO. The van der Waals surface area contributed by atoms with Crippen molar-refractivity contribution in [3.63, 3.8) is 0 Å². The minimum Gasteiger partial charge on any atom is -0.320 e. The van der Waals surface area contributed by atoms with E-state index < -0.39 is 6.04 Å². The van der Waals surface area contributed by atoms with Crippen LogP contribution in [0, 0.1) is 12.3 Å². The Morgan fingerprint density at radius 1 is 1.46 bits per heavy atom. The Kier molecular flexibility index (Phi) is 3.24. The SMILES string of the molecule is C#CC(=O)C(N)Cc1ccccc1. The van der Waals surface area contributed by atoms with Crippen molar-refractivity contribution in [2.45, 2.75) is 12.5 Å². The number of hydrogen-bond acceptors (Lipinski definition) is 2. The van der Waals surface area contributed by atoms with E-state index in [0.29, 0.717) is 6.42 Å². The molecule has 0 saturated carbocycles. The van der Waals surface area contributed by atoms with Gasteiger partial charge in [0.1, 0.15) is 0 Å². The fourth-order valence-electron chi connectivity index (χ4n) is 1.07. The Morgan fingerprint density at radius 3 is 2.62 bits per heavy atom. The van der Waals surface area contributed by atoms with Gasteiger partial charge in [-0.3, -0.25) is 4.79 Å². The first-order valence-electron chi connectivity index (χ1n) is 4.04. The van der Waals surface area contributed by atoms with E-state index >= 15 is 0 Å². The highest BCUT2D eigenvalue weighted by atomic mass is 16.1. The van der Waals surface area contributed by atoms with E-state index in [1.807, 2.05) is 36.3 Å². The summed E-state index contributed by atoms with van der Waals surface area (Å²) in [6.45, 7) is 0. The first-order valence-corrected chi connectivity index (χ1v) is 4.04. The predicted molar refractivity (Wildman–Crippen MR) is 52.0 cm³/mol. The van der Waals surface area contributed by atoms with Gasteiger partial charge in [0.15, 0.2) is 0 Å². The van der Waals surface area contributed by atoms with Gasteiger partial charge in [-0.1, -0.05) is 30.3 Å². The van der Waals surface area contributed by atoms with Crippen LogP contribution < -0.4 is 5.73 Å². The lowest BCUT2D eigenvalue weighted by Gasteiger charge is -2.05. The second-order valence-corrected chi connectivity index (χ2v) is 2.80. The van der Waals surface area contributed by atoms with E-state index in [2.05, 4.69) is 0 Å². The average Bonchev–Trinajstić information content (AvgIpc) is 2.18. The van der Waals surface area contributed by atoms with Crippen molar-refractivity contribution in [1.29, 1.82) is 0 Å². The molecule has 0 bridgehead atoms. The van der Waals surface area contributed by atoms with Crippen LogP contribution in [0.1, 0.15) is 5.56 Å². The molecule has 1 aromatic carbocycles. The van der Waals surface area contributed by atoms with Gasteiger partial charge >= 0.3 is 0 Å². The van der Waals surface area contributed by atoms with Crippen molar-refractivity contribution in [2.24, 2.45) is 5.73 Å². The van der Waals surface area contributed by atoms with E-state index in [0.717, 1.165) is 5.56 Å². The molecule has 0 fully saturated rings. The molecule has 0 aliphatic carbocycles. The lowest BCUT2D eigenvalue weighted by atomic mass is 10.0. The minimum absolute atomic E-state index is 0.344. The summed E-state index contributed by atoms with van der Waals surface area (Å²) < 4.78 is 0.